The highest BCUT2D eigenvalue weighted by atomic mass is 79.9. The zero-order valence-electron chi connectivity index (χ0n) is 12.6. The Hall–Kier alpha value is -2.27. The van der Waals surface area contributed by atoms with E-state index in [2.05, 4.69) is 21.2 Å². The predicted molar refractivity (Wildman–Crippen MR) is 92.9 cm³/mol. The van der Waals surface area contributed by atoms with Crippen molar-refractivity contribution in [1.29, 1.82) is 0 Å². The summed E-state index contributed by atoms with van der Waals surface area (Å²) in [4.78, 5) is 12.2. The van der Waals surface area contributed by atoms with E-state index in [1.807, 2.05) is 42.5 Å². The Labute approximate surface area is 142 Å². The fourth-order valence-corrected chi connectivity index (χ4v) is 2.91. The van der Waals surface area contributed by atoms with Gasteiger partial charge in [-0.3, -0.25) is 4.79 Å². The first-order chi connectivity index (χ1) is 11.2. The smallest absolute Gasteiger partial charge is 0.287 e. The minimum atomic E-state index is -0.219. The van der Waals surface area contributed by atoms with E-state index in [-0.39, 0.29) is 5.91 Å². The van der Waals surface area contributed by atoms with E-state index in [4.69, 9.17) is 9.15 Å². The molecular formula is C18H16BrNO3. The van der Waals surface area contributed by atoms with Gasteiger partial charge in [0.25, 0.3) is 5.91 Å². The molecule has 0 aliphatic heterocycles. The topological polar surface area (TPSA) is 51.5 Å². The fourth-order valence-electron chi connectivity index (χ4n) is 2.44. The van der Waals surface area contributed by atoms with Crippen LogP contribution in [0.4, 0.5) is 0 Å². The first kappa shape index (κ1) is 15.6. The molecule has 0 fully saturated rings. The summed E-state index contributed by atoms with van der Waals surface area (Å²) in [6.07, 6.45) is 0.694. The van der Waals surface area contributed by atoms with Gasteiger partial charge >= 0.3 is 0 Å². The number of rotatable bonds is 5. The highest BCUT2D eigenvalue weighted by Crippen LogP contribution is 2.26. The number of furan rings is 1. The maximum Gasteiger partial charge on any atom is 0.287 e. The molecule has 118 valence electrons. The highest BCUT2D eigenvalue weighted by Gasteiger charge is 2.13. The Kier molecular flexibility index (Phi) is 4.67. The predicted octanol–water partition coefficient (Wildman–Crippen LogP) is 4.18. The second-order valence-electron chi connectivity index (χ2n) is 5.08. The van der Waals surface area contributed by atoms with Crippen LogP contribution in [-0.4, -0.2) is 19.6 Å². The Morgan fingerprint density at radius 2 is 2.04 bits per heavy atom. The van der Waals surface area contributed by atoms with Crippen LogP contribution in [0.15, 0.2) is 57.4 Å². The normalized spacial score (nSPS) is 10.7. The number of carbonyl (C=O) groups excluding carboxylic acids is 1. The molecule has 5 heteroatoms. The van der Waals surface area contributed by atoms with Crippen LogP contribution in [0.3, 0.4) is 0 Å². The molecule has 0 atom stereocenters. The summed E-state index contributed by atoms with van der Waals surface area (Å²) in [5, 5.41) is 3.77. The lowest BCUT2D eigenvalue weighted by Crippen LogP contribution is -2.25. The standard InChI is InChI=1S/C18H16BrNO3/c1-22-15-7-3-2-5-12(15)9-10-20-18(21)17-11-13-14(19)6-4-8-16(13)23-17/h2-8,11H,9-10H2,1H3,(H,20,21). The Morgan fingerprint density at radius 1 is 1.22 bits per heavy atom. The number of nitrogens with one attached hydrogen (secondary N) is 1. The van der Waals surface area contributed by atoms with Gasteiger partial charge in [-0.25, -0.2) is 0 Å². The molecule has 23 heavy (non-hydrogen) atoms. The van der Waals surface area contributed by atoms with Crippen molar-refractivity contribution in [3.8, 4) is 5.75 Å². The van der Waals surface area contributed by atoms with Crippen molar-refractivity contribution >= 4 is 32.8 Å². The molecule has 1 heterocycles. The van der Waals surface area contributed by atoms with Crippen LogP contribution in [0, 0.1) is 0 Å². The number of carbonyl (C=O) groups is 1. The van der Waals surface area contributed by atoms with Gasteiger partial charge in [0, 0.05) is 16.4 Å². The molecule has 4 nitrogen and oxygen atoms in total. The van der Waals surface area contributed by atoms with Crippen LogP contribution in [0.25, 0.3) is 11.0 Å². The molecule has 3 aromatic rings. The number of amides is 1. The third kappa shape index (κ3) is 3.40. The van der Waals surface area contributed by atoms with Gasteiger partial charge in [-0.2, -0.15) is 0 Å². The van der Waals surface area contributed by atoms with E-state index < -0.39 is 0 Å². The lowest BCUT2D eigenvalue weighted by molar-refractivity contribution is 0.0928. The van der Waals surface area contributed by atoms with Crippen LogP contribution in [0.2, 0.25) is 0 Å². The maximum atomic E-state index is 12.2. The van der Waals surface area contributed by atoms with E-state index in [0.717, 1.165) is 21.2 Å². The number of halogens is 1. The number of benzene rings is 2. The molecule has 0 saturated carbocycles. The molecular weight excluding hydrogens is 358 g/mol. The van der Waals surface area contributed by atoms with Crippen molar-refractivity contribution in [2.24, 2.45) is 0 Å². The fraction of sp³-hybridized carbons (Fsp3) is 0.167. The lowest BCUT2D eigenvalue weighted by Gasteiger charge is -2.08. The number of fused-ring (bicyclic) bond motifs is 1. The lowest BCUT2D eigenvalue weighted by atomic mass is 10.1. The number of ether oxygens (including phenoxy) is 1. The average molecular weight is 374 g/mol. The summed E-state index contributed by atoms with van der Waals surface area (Å²) in [6.45, 7) is 0.511. The van der Waals surface area contributed by atoms with Crippen LogP contribution < -0.4 is 10.1 Å². The summed E-state index contributed by atoms with van der Waals surface area (Å²) in [5.41, 5.74) is 1.75. The molecule has 3 rings (SSSR count). The maximum absolute atomic E-state index is 12.2. The quantitative estimate of drug-likeness (QED) is 0.729. The van der Waals surface area contributed by atoms with E-state index >= 15 is 0 Å². The molecule has 0 saturated heterocycles. The van der Waals surface area contributed by atoms with Crippen LogP contribution in [0.5, 0.6) is 5.75 Å². The van der Waals surface area contributed by atoms with Gasteiger partial charge in [0.2, 0.25) is 0 Å². The van der Waals surface area contributed by atoms with Gasteiger partial charge in [-0.05, 0) is 36.2 Å². The molecule has 0 aliphatic rings. The van der Waals surface area contributed by atoms with Gasteiger partial charge in [-0.15, -0.1) is 0 Å². The number of hydrogen-bond acceptors (Lipinski definition) is 3. The van der Waals surface area contributed by atoms with Crippen molar-refractivity contribution in [3.63, 3.8) is 0 Å². The van der Waals surface area contributed by atoms with Gasteiger partial charge in [0.15, 0.2) is 5.76 Å². The van der Waals surface area contributed by atoms with Gasteiger partial charge < -0.3 is 14.5 Å². The average Bonchev–Trinajstić information content (AvgIpc) is 3.01. The summed E-state index contributed by atoms with van der Waals surface area (Å²) >= 11 is 3.45. The van der Waals surface area contributed by atoms with E-state index in [0.29, 0.717) is 24.3 Å². The summed E-state index contributed by atoms with van der Waals surface area (Å²) in [5.74, 6) is 0.921. The molecule has 0 aliphatic carbocycles. The van der Waals surface area contributed by atoms with Gasteiger partial charge in [0.1, 0.15) is 11.3 Å². The second-order valence-corrected chi connectivity index (χ2v) is 5.93. The van der Waals surface area contributed by atoms with Crippen LogP contribution in [-0.2, 0) is 6.42 Å². The second kappa shape index (κ2) is 6.87. The Balaban J connectivity index is 1.66. The molecule has 0 bridgehead atoms. The Bertz CT molecular complexity index is 841. The SMILES string of the molecule is COc1ccccc1CCNC(=O)c1cc2c(Br)cccc2o1. The van der Waals surface area contributed by atoms with Crippen molar-refractivity contribution in [2.75, 3.05) is 13.7 Å². The minimum Gasteiger partial charge on any atom is -0.496 e. The third-order valence-corrected chi connectivity index (χ3v) is 4.30. The third-order valence-electron chi connectivity index (χ3n) is 3.60. The highest BCUT2D eigenvalue weighted by molar-refractivity contribution is 9.10. The number of methoxy groups -OCH3 is 1. The van der Waals surface area contributed by atoms with Crippen LogP contribution in [0.1, 0.15) is 16.1 Å². The largest absolute Gasteiger partial charge is 0.496 e. The molecule has 2 aromatic carbocycles. The van der Waals surface area contributed by atoms with Crippen molar-refractivity contribution in [1.82, 2.24) is 5.32 Å². The number of para-hydroxylation sites is 1. The Morgan fingerprint density at radius 3 is 2.83 bits per heavy atom. The summed E-state index contributed by atoms with van der Waals surface area (Å²) in [6, 6.07) is 15.2. The van der Waals surface area contributed by atoms with E-state index in [9.17, 15) is 4.79 Å². The van der Waals surface area contributed by atoms with Gasteiger partial charge in [0.05, 0.1) is 7.11 Å². The molecule has 0 radical (unpaired) electrons. The molecule has 1 aromatic heterocycles. The zero-order chi connectivity index (χ0) is 16.2. The monoisotopic (exact) mass is 373 g/mol. The van der Waals surface area contributed by atoms with Crippen molar-refractivity contribution < 1.29 is 13.9 Å². The first-order valence-corrected chi connectivity index (χ1v) is 8.06. The minimum absolute atomic E-state index is 0.219. The summed E-state index contributed by atoms with van der Waals surface area (Å²) < 4.78 is 11.8. The number of hydrogen-bond donors (Lipinski definition) is 1. The molecule has 1 N–H and O–H groups in total. The zero-order valence-corrected chi connectivity index (χ0v) is 14.2. The van der Waals surface area contributed by atoms with E-state index in [1.54, 1.807) is 13.2 Å². The molecule has 0 spiro atoms. The molecule has 0 unspecified atom stereocenters. The summed E-state index contributed by atoms with van der Waals surface area (Å²) in [7, 11) is 1.64. The van der Waals surface area contributed by atoms with Crippen molar-refractivity contribution in [3.05, 3.63) is 64.3 Å². The van der Waals surface area contributed by atoms with E-state index in [1.165, 1.54) is 0 Å². The van der Waals surface area contributed by atoms with Gasteiger partial charge in [-0.1, -0.05) is 40.2 Å². The van der Waals surface area contributed by atoms with Crippen molar-refractivity contribution in [2.45, 2.75) is 6.42 Å². The molecule has 1 amide bonds. The van der Waals surface area contributed by atoms with Crippen LogP contribution >= 0.6 is 15.9 Å². The first-order valence-electron chi connectivity index (χ1n) is 7.27.